The van der Waals surface area contributed by atoms with Gasteiger partial charge < -0.3 is 20.1 Å². The number of nitrogens with one attached hydrogen (secondary N) is 2. The van der Waals surface area contributed by atoms with Crippen LogP contribution >= 0.6 is 0 Å². The summed E-state index contributed by atoms with van der Waals surface area (Å²) in [5, 5.41) is 6.53. The van der Waals surface area contributed by atoms with Crippen LogP contribution in [0.4, 0.5) is 4.79 Å². The fourth-order valence-electron chi connectivity index (χ4n) is 2.61. The van der Waals surface area contributed by atoms with Crippen molar-refractivity contribution in [2.45, 2.75) is 84.1 Å². The lowest BCUT2D eigenvalue weighted by molar-refractivity contribution is 0.00728. The summed E-state index contributed by atoms with van der Waals surface area (Å²) in [5.41, 5.74) is -0.596. The maximum Gasteiger partial charge on any atom is 0.407 e. The molecule has 5 nitrogen and oxygen atoms in total. The second kappa shape index (κ2) is 7.64. The van der Waals surface area contributed by atoms with Crippen LogP contribution in [0.15, 0.2) is 0 Å². The minimum atomic E-state index is -0.456. The molecule has 2 unspecified atom stereocenters. The molecule has 0 aromatic carbocycles. The standard InChI is InChI=1S/C17H34N2O3/c1-12(10-17(5,6)21-7)19-14(13-8-9-13)11-18-15(20)22-16(2,3)4/h12-14,19H,8-11H2,1-7H3,(H,18,20). The number of ether oxygens (including phenoxy) is 2. The van der Waals surface area contributed by atoms with Crippen LogP contribution in [0.25, 0.3) is 0 Å². The zero-order valence-electron chi connectivity index (χ0n) is 15.3. The van der Waals surface area contributed by atoms with Gasteiger partial charge in [0, 0.05) is 25.7 Å². The highest BCUT2D eigenvalue weighted by molar-refractivity contribution is 5.67. The summed E-state index contributed by atoms with van der Waals surface area (Å²) in [6, 6.07) is 0.635. The molecule has 0 radical (unpaired) electrons. The first-order valence-corrected chi connectivity index (χ1v) is 8.30. The van der Waals surface area contributed by atoms with Crippen LogP contribution < -0.4 is 10.6 Å². The molecule has 0 aromatic rings. The molecule has 1 rings (SSSR count). The van der Waals surface area contributed by atoms with Gasteiger partial charge in [0.05, 0.1) is 5.60 Å². The Morgan fingerprint density at radius 3 is 2.27 bits per heavy atom. The summed E-state index contributed by atoms with van der Waals surface area (Å²) < 4.78 is 10.8. The summed E-state index contributed by atoms with van der Waals surface area (Å²) in [6.07, 6.45) is 3.05. The number of rotatable bonds is 8. The quantitative estimate of drug-likeness (QED) is 0.723. The van der Waals surface area contributed by atoms with Crippen molar-refractivity contribution in [3.63, 3.8) is 0 Å². The molecule has 1 aliphatic rings. The molecule has 22 heavy (non-hydrogen) atoms. The van der Waals surface area contributed by atoms with Crippen molar-refractivity contribution >= 4 is 6.09 Å². The monoisotopic (exact) mass is 314 g/mol. The average molecular weight is 314 g/mol. The van der Waals surface area contributed by atoms with Crippen molar-refractivity contribution in [1.82, 2.24) is 10.6 Å². The van der Waals surface area contributed by atoms with E-state index < -0.39 is 5.60 Å². The highest BCUT2D eigenvalue weighted by Crippen LogP contribution is 2.33. The Hall–Kier alpha value is -0.810. The van der Waals surface area contributed by atoms with Gasteiger partial charge in [0.2, 0.25) is 0 Å². The van der Waals surface area contributed by atoms with Crippen LogP contribution in [0.2, 0.25) is 0 Å². The molecule has 0 saturated heterocycles. The van der Waals surface area contributed by atoms with Crippen molar-refractivity contribution in [2.75, 3.05) is 13.7 Å². The molecular weight excluding hydrogens is 280 g/mol. The van der Waals surface area contributed by atoms with E-state index in [9.17, 15) is 4.79 Å². The summed E-state index contributed by atoms with van der Waals surface area (Å²) in [7, 11) is 1.75. The molecule has 0 spiro atoms. The Morgan fingerprint density at radius 2 is 1.82 bits per heavy atom. The number of hydrogen-bond donors (Lipinski definition) is 2. The van der Waals surface area contributed by atoms with E-state index in [-0.39, 0.29) is 11.7 Å². The molecule has 1 saturated carbocycles. The largest absolute Gasteiger partial charge is 0.444 e. The number of hydrogen-bond acceptors (Lipinski definition) is 4. The first-order chi connectivity index (χ1) is 10.0. The molecule has 1 aliphatic carbocycles. The van der Waals surface area contributed by atoms with Crippen LogP contribution in [0, 0.1) is 5.92 Å². The predicted octanol–water partition coefficient (Wildman–Crippen LogP) is 3.08. The first-order valence-electron chi connectivity index (χ1n) is 8.30. The van der Waals surface area contributed by atoms with Crippen molar-refractivity contribution in [1.29, 1.82) is 0 Å². The van der Waals surface area contributed by atoms with Gasteiger partial charge >= 0.3 is 6.09 Å². The molecule has 1 fully saturated rings. The van der Waals surface area contributed by atoms with Gasteiger partial charge in [-0.15, -0.1) is 0 Å². The fourth-order valence-corrected chi connectivity index (χ4v) is 2.61. The number of carbonyl (C=O) groups is 1. The average Bonchev–Trinajstić information content (AvgIpc) is 3.15. The van der Waals surface area contributed by atoms with E-state index in [1.54, 1.807) is 7.11 Å². The summed E-state index contributed by atoms with van der Waals surface area (Å²) in [5.74, 6) is 0.656. The number of carbonyl (C=O) groups excluding carboxylic acids is 1. The van der Waals surface area contributed by atoms with Crippen LogP contribution in [0.1, 0.15) is 60.8 Å². The Kier molecular flexibility index (Phi) is 6.68. The lowest BCUT2D eigenvalue weighted by Crippen LogP contribution is -2.48. The van der Waals surface area contributed by atoms with Gasteiger partial charge in [-0.25, -0.2) is 4.79 Å². The maximum absolute atomic E-state index is 11.8. The summed E-state index contributed by atoms with van der Waals surface area (Å²) in [4.78, 5) is 11.8. The van der Waals surface area contributed by atoms with Gasteiger partial charge in [0.1, 0.15) is 5.60 Å². The number of amides is 1. The van der Waals surface area contributed by atoms with E-state index in [1.807, 2.05) is 20.8 Å². The molecule has 0 heterocycles. The SMILES string of the molecule is COC(C)(C)CC(C)NC(CNC(=O)OC(C)(C)C)C1CC1. The third-order valence-corrected chi connectivity index (χ3v) is 3.91. The molecule has 2 atom stereocenters. The molecular formula is C17H34N2O3. The van der Waals surface area contributed by atoms with Crippen molar-refractivity contribution < 1.29 is 14.3 Å². The minimum Gasteiger partial charge on any atom is -0.444 e. The molecule has 0 aliphatic heterocycles. The zero-order valence-corrected chi connectivity index (χ0v) is 15.3. The highest BCUT2D eigenvalue weighted by Gasteiger charge is 2.33. The molecule has 130 valence electrons. The van der Waals surface area contributed by atoms with Gasteiger partial charge in [-0.1, -0.05) is 0 Å². The Balaban J connectivity index is 2.41. The molecule has 5 heteroatoms. The van der Waals surface area contributed by atoms with E-state index in [1.165, 1.54) is 12.8 Å². The van der Waals surface area contributed by atoms with E-state index in [4.69, 9.17) is 9.47 Å². The lowest BCUT2D eigenvalue weighted by Gasteiger charge is -2.30. The zero-order chi connectivity index (χ0) is 17.0. The minimum absolute atomic E-state index is 0.140. The van der Waals surface area contributed by atoms with E-state index >= 15 is 0 Å². The first kappa shape index (κ1) is 19.2. The third kappa shape index (κ3) is 7.99. The van der Waals surface area contributed by atoms with Crippen LogP contribution in [-0.2, 0) is 9.47 Å². The second-order valence-corrected chi connectivity index (χ2v) is 8.06. The van der Waals surface area contributed by atoms with Gasteiger partial charge in [0.25, 0.3) is 0 Å². The lowest BCUT2D eigenvalue weighted by atomic mass is 9.98. The van der Waals surface area contributed by atoms with Crippen LogP contribution in [0.3, 0.4) is 0 Å². The molecule has 1 amide bonds. The Bertz CT molecular complexity index is 359. The Morgan fingerprint density at radius 1 is 1.23 bits per heavy atom. The van der Waals surface area contributed by atoms with E-state index in [2.05, 4.69) is 31.4 Å². The van der Waals surface area contributed by atoms with Crippen molar-refractivity contribution in [2.24, 2.45) is 5.92 Å². The van der Waals surface area contributed by atoms with Crippen LogP contribution in [-0.4, -0.2) is 43.0 Å². The van der Waals surface area contributed by atoms with Gasteiger partial charge in [-0.05, 0) is 66.7 Å². The van der Waals surface area contributed by atoms with Gasteiger partial charge in [0.15, 0.2) is 0 Å². The second-order valence-electron chi connectivity index (χ2n) is 8.06. The van der Waals surface area contributed by atoms with Crippen molar-refractivity contribution in [3.8, 4) is 0 Å². The van der Waals surface area contributed by atoms with Gasteiger partial charge in [-0.2, -0.15) is 0 Å². The van der Waals surface area contributed by atoms with Gasteiger partial charge in [-0.3, -0.25) is 0 Å². The number of methoxy groups -OCH3 is 1. The topological polar surface area (TPSA) is 59.6 Å². The smallest absolute Gasteiger partial charge is 0.407 e. The number of alkyl carbamates (subject to hydrolysis) is 1. The molecule has 0 aromatic heterocycles. The van der Waals surface area contributed by atoms with Crippen LogP contribution in [0.5, 0.6) is 0 Å². The maximum atomic E-state index is 11.8. The molecule has 2 N–H and O–H groups in total. The summed E-state index contributed by atoms with van der Waals surface area (Å²) in [6.45, 7) is 12.6. The fraction of sp³-hybridized carbons (Fsp3) is 0.941. The predicted molar refractivity (Wildman–Crippen MR) is 89.1 cm³/mol. The normalized spacial score (nSPS) is 18.7. The van der Waals surface area contributed by atoms with E-state index in [0.717, 1.165) is 6.42 Å². The highest BCUT2D eigenvalue weighted by atomic mass is 16.6. The van der Waals surface area contributed by atoms with E-state index in [0.29, 0.717) is 24.5 Å². The third-order valence-electron chi connectivity index (χ3n) is 3.91. The molecule has 0 bridgehead atoms. The van der Waals surface area contributed by atoms with Crippen molar-refractivity contribution in [3.05, 3.63) is 0 Å². The summed E-state index contributed by atoms with van der Waals surface area (Å²) >= 11 is 0. The Labute approximate surface area is 135 Å².